The highest BCUT2D eigenvalue weighted by atomic mass is 32.2. The zero-order valence-corrected chi connectivity index (χ0v) is 16.6. The summed E-state index contributed by atoms with van der Waals surface area (Å²) >= 11 is 0. The lowest BCUT2D eigenvalue weighted by molar-refractivity contribution is 0.339. The van der Waals surface area contributed by atoms with Gasteiger partial charge in [-0.2, -0.15) is 4.98 Å². The fourth-order valence-corrected chi connectivity index (χ4v) is 3.59. The summed E-state index contributed by atoms with van der Waals surface area (Å²) in [7, 11) is -2.29. The number of nitrogens with zero attached hydrogens (tertiary/aromatic N) is 2. The molecule has 0 aliphatic rings. The molecule has 0 unspecified atom stereocenters. The highest BCUT2D eigenvalue weighted by molar-refractivity contribution is 7.92. The molecule has 1 heterocycles. The van der Waals surface area contributed by atoms with E-state index in [1.165, 1.54) is 12.1 Å². The van der Waals surface area contributed by atoms with E-state index < -0.39 is 10.0 Å². The second-order valence-corrected chi connectivity index (χ2v) is 7.48. The van der Waals surface area contributed by atoms with Crippen LogP contribution in [0.1, 0.15) is 19.7 Å². The van der Waals surface area contributed by atoms with Crippen molar-refractivity contribution in [3.8, 4) is 23.0 Å². The van der Waals surface area contributed by atoms with Crippen LogP contribution < -0.4 is 14.2 Å². The first kappa shape index (κ1) is 19.7. The number of rotatable bonds is 8. The van der Waals surface area contributed by atoms with Crippen LogP contribution >= 0.6 is 0 Å². The number of ether oxygens (including phenoxy) is 2. The van der Waals surface area contributed by atoms with Crippen molar-refractivity contribution in [2.24, 2.45) is 0 Å². The van der Waals surface area contributed by atoms with E-state index in [0.29, 0.717) is 41.6 Å². The maximum absolute atomic E-state index is 12.8. The van der Waals surface area contributed by atoms with Crippen molar-refractivity contribution in [1.29, 1.82) is 0 Å². The Hall–Kier alpha value is -3.07. The van der Waals surface area contributed by atoms with Gasteiger partial charge in [0.1, 0.15) is 11.5 Å². The first-order chi connectivity index (χ1) is 13.5. The molecule has 2 aromatic carbocycles. The molecule has 148 valence electrons. The first-order valence-corrected chi connectivity index (χ1v) is 10.2. The number of nitrogens with one attached hydrogen (secondary N) is 1. The Kier molecular flexibility index (Phi) is 5.84. The van der Waals surface area contributed by atoms with Crippen molar-refractivity contribution in [3.63, 3.8) is 0 Å². The highest BCUT2D eigenvalue weighted by Crippen LogP contribution is 2.32. The van der Waals surface area contributed by atoms with Gasteiger partial charge in [-0.05, 0) is 49.4 Å². The summed E-state index contributed by atoms with van der Waals surface area (Å²) in [6, 6.07) is 11.1. The molecule has 0 aliphatic heterocycles. The Labute approximate surface area is 163 Å². The van der Waals surface area contributed by atoms with Crippen LogP contribution in [0.15, 0.2) is 51.9 Å². The lowest BCUT2D eigenvalue weighted by Crippen LogP contribution is -2.13. The van der Waals surface area contributed by atoms with Gasteiger partial charge in [0, 0.05) is 12.1 Å². The molecule has 1 aromatic heterocycles. The molecule has 0 bridgehead atoms. The van der Waals surface area contributed by atoms with E-state index in [9.17, 15) is 8.42 Å². The first-order valence-electron chi connectivity index (χ1n) is 8.73. The number of benzene rings is 2. The maximum Gasteiger partial charge on any atom is 0.261 e. The molecule has 0 atom stereocenters. The van der Waals surface area contributed by atoms with Crippen LogP contribution in [0.5, 0.6) is 11.5 Å². The summed E-state index contributed by atoms with van der Waals surface area (Å²) in [5.74, 6) is 1.84. The van der Waals surface area contributed by atoms with Gasteiger partial charge in [0.05, 0.1) is 24.2 Å². The Balaban J connectivity index is 1.96. The fourth-order valence-electron chi connectivity index (χ4n) is 2.50. The van der Waals surface area contributed by atoms with Crippen molar-refractivity contribution in [2.75, 3.05) is 18.4 Å². The molecule has 0 aliphatic carbocycles. The van der Waals surface area contributed by atoms with Crippen molar-refractivity contribution < 1.29 is 22.4 Å². The average Bonchev–Trinajstić information content (AvgIpc) is 3.18. The Morgan fingerprint density at radius 2 is 1.86 bits per heavy atom. The largest absolute Gasteiger partial charge is 0.497 e. The molecule has 0 radical (unpaired) electrons. The Morgan fingerprint density at radius 1 is 1.11 bits per heavy atom. The molecule has 0 spiro atoms. The summed E-state index contributed by atoms with van der Waals surface area (Å²) in [6.07, 6.45) is 0.602. The maximum atomic E-state index is 12.8. The molecule has 9 heteroatoms. The van der Waals surface area contributed by atoms with Gasteiger partial charge in [0.2, 0.25) is 0 Å². The number of hydrogen-bond donors (Lipinski definition) is 1. The van der Waals surface area contributed by atoms with Gasteiger partial charge in [-0.25, -0.2) is 8.42 Å². The van der Waals surface area contributed by atoms with E-state index in [1.54, 1.807) is 37.4 Å². The van der Waals surface area contributed by atoms with Gasteiger partial charge in [-0.15, -0.1) is 0 Å². The third-order valence-electron chi connectivity index (χ3n) is 3.92. The van der Waals surface area contributed by atoms with Crippen molar-refractivity contribution >= 4 is 15.7 Å². The van der Waals surface area contributed by atoms with E-state index in [4.69, 9.17) is 14.0 Å². The van der Waals surface area contributed by atoms with Crippen molar-refractivity contribution in [3.05, 3.63) is 48.3 Å². The monoisotopic (exact) mass is 403 g/mol. The standard InChI is InChI=1S/C19H21N3O5S/c1-4-18-20-19(27-21-18)16-12-15(10-11-17(16)26-5-2)28(23,24)22-13-6-8-14(25-3)9-7-13/h6-12,22H,4-5H2,1-3H3. The fraction of sp³-hybridized carbons (Fsp3) is 0.263. The van der Waals surface area contributed by atoms with E-state index >= 15 is 0 Å². The van der Waals surface area contributed by atoms with E-state index in [-0.39, 0.29) is 10.8 Å². The molecule has 3 aromatic rings. The quantitative estimate of drug-likeness (QED) is 0.614. The summed E-state index contributed by atoms with van der Waals surface area (Å²) in [6.45, 7) is 4.15. The third-order valence-corrected chi connectivity index (χ3v) is 5.30. The zero-order valence-electron chi connectivity index (χ0n) is 15.8. The summed E-state index contributed by atoms with van der Waals surface area (Å²) in [5.41, 5.74) is 0.842. The number of sulfonamides is 1. The molecule has 8 nitrogen and oxygen atoms in total. The molecule has 28 heavy (non-hydrogen) atoms. The molecular weight excluding hydrogens is 382 g/mol. The van der Waals surface area contributed by atoms with Crippen molar-refractivity contribution in [2.45, 2.75) is 25.2 Å². The number of hydrogen-bond acceptors (Lipinski definition) is 7. The SMILES string of the molecule is CCOc1ccc(S(=O)(=O)Nc2ccc(OC)cc2)cc1-c1nc(CC)no1. The van der Waals surface area contributed by atoms with E-state index in [0.717, 1.165) is 0 Å². The van der Waals surface area contributed by atoms with Crippen LogP contribution in [0.4, 0.5) is 5.69 Å². The van der Waals surface area contributed by atoms with Gasteiger partial charge in [-0.3, -0.25) is 4.72 Å². The van der Waals surface area contributed by atoms with Gasteiger partial charge < -0.3 is 14.0 Å². The van der Waals surface area contributed by atoms with Crippen LogP contribution in [0.25, 0.3) is 11.5 Å². The molecular formula is C19H21N3O5S. The molecule has 0 saturated carbocycles. The van der Waals surface area contributed by atoms with E-state index in [2.05, 4.69) is 14.9 Å². The summed E-state index contributed by atoms with van der Waals surface area (Å²) in [5, 5.41) is 3.87. The lowest BCUT2D eigenvalue weighted by Gasteiger charge is -2.12. The van der Waals surface area contributed by atoms with Crippen molar-refractivity contribution in [1.82, 2.24) is 10.1 Å². The number of anilines is 1. The minimum absolute atomic E-state index is 0.0537. The topological polar surface area (TPSA) is 104 Å². The zero-order chi connectivity index (χ0) is 20.1. The molecule has 0 saturated heterocycles. The molecule has 1 N–H and O–H groups in total. The van der Waals surface area contributed by atoms with Crippen LogP contribution in [0.2, 0.25) is 0 Å². The molecule has 3 rings (SSSR count). The Morgan fingerprint density at radius 3 is 2.46 bits per heavy atom. The minimum Gasteiger partial charge on any atom is -0.497 e. The van der Waals surface area contributed by atoms with Gasteiger partial charge in [0.15, 0.2) is 5.82 Å². The normalized spacial score (nSPS) is 11.2. The van der Waals surface area contributed by atoms with Gasteiger partial charge in [-0.1, -0.05) is 12.1 Å². The predicted molar refractivity (Wildman–Crippen MR) is 104 cm³/mol. The summed E-state index contributed by atoms with van der Waals surface area (Å²) in [4.78, 5) is 4.33. The number of aromatic nitrogens is 2. The highest BCUT2D eigenvalue weighted by Gasteiger charge is 2.20. The number of methoxy groups -OCH3 is 1. The predicted octanol–water partition coefficient (Wildman–Crippen LogP) is 3.51. The third kappa shape index (κ3) is 4.25. The molecule has 0 amide bonds. The number of aryl methyl sites for hydroxylation is 1. The van der Waals surface area contributed by atoms with Crippen LogP contribution in [-0.2, 0) is 16.4 Å². The second kappa shape index (κ2) is 8.30. The van der Waals surface area contributed by atoms with Crippen LogP contribution in [0.3, 0.4) is 0 Å². The summed E-state index contributed by atoms with van der Waals surface area (Å²) < 4.78 is 44.1. The van der Waals surface area contributed by atoms with E-state index in [1.807, 2.05) is 13.8 Å². The lowest BCUT2D eigenvalue weighted by atomic mass is 10.2. The van der Waals surface area contributed by atoms with Gasteiger partial charge in [0.25, 0.3) is 15.9 Å². The second-order valence-electron chi connectivity index (χ2n) is 5.79. The van der Waals surface area contributed by atoms with Gasteiger partial charge >= 0.3 is 0 Å². The van der Waals surface area contributed by atoms with Crippen LogP contribution in [-0.4, -0.2) is 32.3 Å². The smallest absolute Gasteiger partial charge is 0.261 e. The average molecular weight is 403 g/mol. The minimum atomic E-state index is -3.83. The molecule has 0 fully saturated rings. The van der Waals surface area contributed by atoms with Crippen LogP contribution in [0, 0.1) is 0 Å². The Bertz CT molecular complexity index is 1050.